The molecule has 1 atom stereocenters. The monoisotopic (exact) mass is 310 g/mol. The van der Waals surface area contributed by atoms with Crippen LogP contribution in [0.3, 0.4) is 0 Å². The summed E-state index contributed by atoms with van der Waals surface area (Å²) in [4.78, 5) is 29.6. The molecule has 23 heavy (non-hydrogen) atoms. The minimum atomic E-state index is -0.604. The number of aliphatic hydroxyl groups is 1. The van der Waals surface area contributed by atoms with Crippen molar-refractivity contribution in [2.45, 2.75) is 31.8 Å². The first-order chi connectivity index (χ1) is 11.1. The SMILES string of the molecule is O=C(c1cc2c([nH]c1=O)CCCC2O)N1CCc2ccccc21. The molecule has 0 bridgehead atoms. The number of aromatic amines is 1. The number of pyridine rings is 1. The van der Waals surface area contributed by atoms with Crippen molar-refractivity contribution in [3.63, 3.8) is 0 Å². The van der Waals surface area contributed by atoms with Gasteiger partial charge < -0.3 is 15.0 Å². The zero-order valence-electron chi connectivity index (χ0n) is 12.7. The lowest BCUT2D eigenvalue weighted by Crippen LogP contribution is -2.34. The van der Waals surface area contributed by atoms with Crippen LogP contribution in [0.15, 0.2) is 35.1 Å². The maximum atomic E-state index is 12.8. The van der Waals surface area contributed by atoms with Crippen LogP contribution in [0.25, 0.3) is 0 Å². The van der Waals surface area contributed by atoms with Gasteiger partial charge in [-0.1, -0.05) is 18.2 Å². The van der Waals surface area contributed by atoms with E-state index in [4.69, 9.17) is 0 Å². The number of carbonyl (C=O) groups is 1. The molecule has 0 saturated carbocycles. The van der Waals surface area contributed by atoms with E-state index in [0.717, 1.165) is 36.2 Å². The fraction of sp³-hybridized carbons (Fsp3) is 0.333. The lowest BCUT2D eigenvalue weighted by atomic mass is 9.92. The number of amides is 1. The number of nitrogens with one attached hydrogen (secondary N) is 1. The number of rotatable bonds is 1. The first-order valence-electron chi connectivity index (χ1n) is 7.99. The van der Waals surface area contributed by atoms with Gasteiger partial charge in [-0.05, 0) is 43.4 Å². The molecule has 1 aliphatic carbocycles. The van der Waals surface area contributed by atoms with Gasteiger partial charge >= 0.3 is 0 Å². The zero-order chi connectivity index (χ0) is 16.0. The number of fused-ring (bicyclic) bond motifs is 2. The second kappa shape index (κ2) is 5.35. The predicted octanol–water partition coefficient (Wildman–Crippen LogP) is 1.95. The molecule has 118 valence electrons. The van der Waals surface area contributed by atoms with E-state index in [-0.39, 0.29) is 17.0 Å². The minimum Gasteiger partial charge on any atom is -0.388 e. The van der Waals surface area contributed by atoms with Crippen molar-refractivity contribution in [1.82, 2.24) is 4.98 Å². The number of nitrogens with zero attached hydrogens (tertiary/aromatic N) is 1. The Balaban J connectivity index is 1.75. The van der Waals surface area contributed by atoms with Crippen LogP contribution in [0.1, 0.15) is 46.1 Å². The van der Waals surface area contributed by atoms with Crippen molar-refractivity contribution in [3.8, 4) is 0 Å². The molecule has 1 amide bonds. The van der Waals surface area contributed by atoms with E-state index in [1.54, 1.807) is 11.0 Å². The van der Waals surface area contributed by atoms with Crippen LogP contribution in [-0.4, -0.2) is 22.5 Å². The maximum Gasteiger partial charge on any atom is 0.263 e. The van der Waals surface area contributed by atoms with Crippen LogP contribution in [0.2, 0.25) is 0 Å². The Kier molecular flexibility index (Phi) is 3.31. The van der Waals surface area contributed by atoms with E-state index in [1.165, 1.54) is 0 Å². The molecule has 1 aromatic heterocycles. The number of aromatic nitrogens is 1. The Morgan fingerprint density at radius 1 is 1.26 bits per heavy atom. The zero-order valence-corrected chi connectivity index (χ0v) is 12.7. The molecule has 2 heterocycles. The van der Waals surface area contributed by atoms with Crippen molar-refractivity contribution in [2.24, 2.45) is 0 Å². The van der Waals surface area contributed by atoms with Gasteiger partial charge in [0.1, 0.15) is 5.56 Å². The molecular formula is C18H18N2O3. The summed E-state index contributed by atoms with van der Waals surface area (Å²) in [7, 11) is 0. The number of anilines is 1. The molecule has 5 nitrogen and oxygen atoms in total. The summed E-state index contributed by atoms with van der Waals surface area (Å²) in [5.74, 6) is -0.295. The Labute approximate surface area is 133 Å². The predicted molar refractivity (Wildman–Crippen MR) is 86.8 cm³/mol. The number of hydrogen-bond donors (Lipinski definition) is 2. The molecule has 0 radical (unpaired) electrons. The van der Waals surface area contributed by atoms with Crippen LogP contribution in [0.4, 0.5) is 5.69 Å². The third-order valence-electron chi connectivity index (χ3n) is 4.78. The molecule has 1 unspecified atom stereocenters. The first-order valence-corrected chi connectivity index (χ1v) is 7.99. The summed E-state index contributed by atoms with van der Waals surface area (Å²) in [6.07, 6.45) is 2.44. The average Bonchev–Trinajstić information content (AvgIpc) is 2.98. The van der Waals surface area contributed by atoms with Crippen LogP contribution in [0, 0.1) is 0 Å². The summed E-state index contributed by atoms with van der Waals surface area (Å²) in [5, 5.41) is 10.1. The summed E-state index contributed by atoms with van der Waals surface area (Å²) in [6.45, 7) is 0.581. The summed E-state index contributed by atoms with van der Waals surface area (Å²) < 4.78 is 0. The molecular weight excluding hydrogens is 292 g/mol. The Morgan fingerprint density at radius 3 is 2.96 bits per heavy atom. The fourth-order valence-electron chi connectivity index (χ4n) is 3.57. The van der Waals surface area contributed by atoms with Crippen molar-refractivity contribution >= 4 is 11.6 Å². The molecule has 1 aliphatic heterocycles. The van der Waals surface area contributed by atoms with Gasteiger partial charge in [0.2, 0.25) is 0 Å². The summed E-state index contributed by atoms with van der Waals surface area (Å²) >= 11 is 0. The van der Waals surface area contributed by atoms with E-state index in [2.05, 4.69) is 4.98 Å². The number of aliphatic hydroxyl groups excluding tert-OH is 1. The normalized spacial score (nSPS) is 19.3. The van der Waals surface area contributed by atoms with Gasteiger partial charge in [0.15, 0.2) is 0 Å². The fourth-order valence-corrected chi connectivity index (χ4v) is 3.57. The van der Waals surface area contributed by atoms with Crippen LogP contribution >= 0.6 is 0 Å². The highest BCUT2D eigenvalue weighted by Gasteiger charge is 2.29. The largest absolute Gasteiger partial charge is 0.388 e. The second-order valence-electron chi connectivity index (χ2n) is 6.19. The maximum absolute atomic E-state index is 12.8. The van der Waals surface area contributed by atoms with Gasteiger partial charge in [0.05, 0.1) is 6.10 Å². The van der Waals surface area contributed by atoms with Gasteiger partial charge in [-0.15, -0.1) is 0 Å². The third-order valence-corrected chi connectivity index (χ3v) is 4.78. The molecule has 5 heteroatoms. The van der Waals surface area contributed by atoms with Crippen LogP contribution < -0.4 is 10.5 Å². The number of aryl methyl sites for hydroxylation is 1. The molecule has 4 rings (SSSR count). The van der Waals surface area contributed by atoms with Crippen molar-refractivity contribution < 1.29 is 9.90 Å². The Hall–Kier alpha value is -2.40. The topological polar surface area (TPSA) is 73.4 Å². The Bertz CT molecular complexity index is 840. The van der Waals surface area contributed by atoms with Gasteiger partial charge in [-0.2, -0.15) is 0 Å². The number of H-pyrrole nitrogens is 1. The lowest BCUT2D eigenvalue weighted by Gasteiger charge is -2.22. The van der Waals surface area contributed by atoms with E-state index < -0.39 is 6.10 Å². The summed E-state index contributed by atoms with van der Waals surface area (Å²) in [5.41, 5.74) is 3.18. The highest BCUT2D eigenvalue weighted by atomic mass is 16.3. The van der Waals surface area contributed by atoms with E-state index in [1.807, 2.05) is 24.3 Å². The molecule has 0 spiro atoms. The highest BCUT2D eigenvalue weighted by Crippen LogP contribution is 2.30. The van der Waals surface area contributed by atoms with Gasteiger partial charge in [0.25, 0.3) is 11.5 Å². The van der Waals surface area contributed by atoms with Crippen molar-refractivity contribution in [2.75, 3.05) is 11.4 Å². The van der Waals surface area contributed by atoms with E-state index >= 15 is 0 Å². The lowest BCUT2D eigenvalue weighted by molar-refractivity contribution is 0.0987. The third kappa shape index (κ3) is 2.28. The number of benzene rings is 1. The molecule has 2 N–H and O–H groups in total. The molecule has 2 aliphatic rings. The minimum absolute atomic E-state index is 0.112. The van der Waals surface area contributed by atoms with Gasteiger partial charge in [-0.25, -0.2) is 0 Å². The Morgan fingerprint density at radius 2 is 2.09 bits per heavy atom. The standard InChI is InChI=1S/C18H18N2O3/c21-16-7-3-5-14-12(16)10-13(17(22)19-14)18(23)20-9-8-11-4-1-2-6-15(11)20/h1-2,4,6,10,16,21H,3,5,7-9H2,(H,19,22). The van der Waals surface area contributed by atoms with Crippen molar-refractivity contribution in [1.29, 1.82) is 0 Å². The highest BCUT2D eigenvalue weighted by molar-refractivity contribution is 6.07. The van der Waals surface area contributed by atoms with Crippen molar-refractivity contribution in [3.05, 3.63) is 63.1 Å². The molecule has 0 fully saturated rings. The van der Waals surface area contributed by atoms with Crippen LogP contribution in [0.5, 0.6) is 0 Å². The van der Waals surface area contributed by atoms with Gasteiger partial charge in [0, 0.05) is 23.5 Å². The second-order valence-corrected chi connectivity index (χ2v) is 6.19. The van der Waals surface area contributed by atoms with Gasteiger partial charge in [-0.3, -0.25) is 9.59 Å². The molecule has 0 saturated heterocycles. The van der Waals surface area contributed by atoms with E-state index in [9.17, 15) is 14.7 Å². The number of carbonyl (C=O) groups excluding carboxylic acids is 1. The first kappa shape index (κ1) is 14.2. The molecule has 2 aromatic rings. The molecule has 1 aromatic carbocycles. The smallest absolute Gasteiger partial charge is 0.263 e. The number of para-hydroxylation sites is 1. The number of hydrogen-bond acceptors (Lipinski definition) is 3. The van der Waals surface area contributed by atoms with Crippen LogP contribution in [-0.2, 0) is 12.8 Å². The average molecular weight is 310 g/mol. The van der Waals surface area contributed by atoms with E-state index in [0.29, 0.717) is 18.5 Å². The quantitative estimate of drug-likeness (QED) is 0.845. The summed E-state index contributed by atoms with van der Waals surface area (Å²) in [6, 6.07) is 9.34.